The van der Waals surface area contributed by atoms with Crippen LogP contribution in [0.15, 0.2) is 24.3 Å². The van der Waals surface area contributed by atoms with Gasteiger partial charge in [-0.2, -0.15) is 0 Å². The molecule has 0 fully saturated rings. The summed E-state index contributed by atoms with van der Waals surface area (Å²) in [7, 11) is 0. The monoisotopic (exact) mass is 297 g/mol. The van der Waals surface area contributed by atoms with Crippen molar-refractivity contribution in [3.63, 3.8) is 0 Å². The van der Waals surface area contributed by atoms with Gasteiger partial charge in [0.2, 0.25) is 0 Å². The molecule has 0 saturated heterocycles. The van der Waals surface area contributed by atoms with E-state index in [1.54, 1.807) is 0 Å². The molecule has 2 nitrogen and oxygen atoms in total. The first kappa shape index (κ1) is 17.5. The van der Waals surface area contributed by atoms with E-state index >= 15 is 0 Å². The van der Waals surface area contributed by atoms with Crippen molar-refractivity contribution in [3.8, 4) is 0 Å². The van der Waals surface area contributed by atoms with Crippen LogP contribution in [-0.4, -0.2) is 26.3 Å². The van der Waals surface area contributed by atoms with E-state index in [2.05, 4.69) is 38.2 Å². The maximum absolute atomic E-state index is 6.10. The van der Waals surface area contributed by atoms with Crippen LogP contribution >= 0.6 is 11.6 Å². The molecule has 0 aliphatic rings. The van der Waals surface area contributed by atoms with Gasteiger partial charge in [0.25, 0.3) is 0 Å². The quantitative estimate of drug-likeness (QED) is 0.643. The highest BCUT2D eigenvalue weighted by atomic mass is 35.5. The Bertz CT molecular complexity index is 368. The van der Waals surface area contributed by atoms with E-state index in [-0.39, 0.29) is 0 Å². The number of ether oxygens (including phenoxy) is 1. The second kappa shape index (κ2) is 10.2. The van der Waals surface area contributed by atoms with Crippen LogP contribution < -0.4 is 5.32 Å². The normalized spacial score (nSPS) is 12.8. The first-order chi connectivity index (χ1) is 9.63. The van der Waals surface area contributed by atoms with Crippen molar-refractivity contribution in [2.75, 3.05) is 26.3 Å². The lowest BCUT2D eigenvalue weighted by atomic mass is 9.96. The Morgan fingerprint density at radius 2 is 2.10 bits per heavy atom. The van der Waals surface area contributed by atoms with Crippen LogP contribution in [0.5, 0.6) is 0 Å². The third kappa shape index (κ3) is 7.28. The van der Waals surface area contributed by atoms with Crippen LogP contribution in [0.25, 0.3) is 0 Å². The van der Waals surface area contributed by atoms with Crippen molar-refractivity contribution in [1.29, 1.82) is 0 Å². The number of rotatable bonds is 10. The smallest absolute Gasteiger partial charge is 0.0488 e. The van der Waals surface area contributed by atoms with Gasteiger partial charge in [-0.1, -0.05) is 44.5 Å². The first-order valence-electron chi connectivity index (χ1n) is 7.67. The van der Waals surface area contributed by atoms with Gasteiger partial charge in [-0.15, -0.1) is 0 Å². The first-order valence-corrected chi connectivity index (χ1v) is 8.05. The van der Waals surface area contributed by atoms with Crippen molar-refractivity contribution in [3.05, 3.63) is 34.9 Å². The van der Waals surface area contributed by atoms with Gasteiger partial charge in [-0.25, -0.2) is 0 Å². The average molecular weight is 298 g/mol. The van der Waals surface area contributed by atoms with Crippen molar-refractivity contribution in [1.82, 2.24) is 5.32 Å². The largest absolute Gasteiger partial charge is 0.381 e. The summed E-state index contributed by atoms with van der Waals surface area (Å²) in [5.41, 5.74) is 1.30. The van der Waals surface area contributed by atoms with E-state index in [4.69, 9.17) is 16.3 Å². The highest BCUT2D eigenvalue weighted by molar-refractivity contribution is 6.30. The summed E-state index contributed by atoms with van der Waals surface area (Å²) in [4.78, 5) is 0. The van der Waals surface area contributed by atoms with Gasteiger partial charge >= 0.3 is 0 Å². The fraction of sp³-hybridized carbons (Fsp3) is 0.647. The van der Waals surface area contributed by atoms with Crippen molar-refractivity contribution < 1.29 is 4.74 Å². The van der Waals surface area contributed by atoms with E-state index < -0.39 is 0 Å². The van der Waals surface area contributed by atoms with Crippen LogP contribution in [0.3, 0.4) is 0 Å². The summed E-state index contributed by atoms with van der Waals surface area (Å²) in [6, 6.07) is 8.19. The fourth-order valence-electron chi connectivity index (χ4n) is 2.14. The van der Waals surface area contributed by atoms with Crippen molar-refractivity contribution >= 4 is 11.6 Å². The Morgan fingerprint density at radius 3 is 2.75 bits per heavy atom. The number of hydrogen-bond donors (Lipinski definition) is 1. The summed E-state index contributed by atoms with van der Waals surface area (Å²) in [6.45, 7) is 10.2. The molecular formula is C17H28ClNO. The van der Waals surface area contributed by atoms with E-state index in [0.717, 1.165) is 44.2 Å². The molecule has 0 heterocycles. The van der Waals surface area contributed by atoms with Gasteiger partial charge < -0.3 is 10.1 Å². The minimum atomic E-state index is 0.465. The molecule has 1 unspecified atom stereocenters. The second-order valence-electron chi connectivity index (χ2n) is 5.71. The third-order valence-electron chi connectivity index (χ3n) is 3.20. The zero-order valence-electron chi connectivity index (χ0n) is 13.0. The molecule has 1 N–H and O–H groups in total. The third-order valence-corrected chi connectivity index (χ3v) is 3.43. The summed E-state index contributed by atoms with van der Waals surface area (Å²) in [5, 5.41) is 4.32. The molecule has 1 aromatic rings. The predicted molar refractivity (Wildman–Crippen MR) is 87.6 cm³/mol. The summed E-state index contributed by atoms with van der Waals surface area (Å²) in [5.74, 6) is 1.06. The predicted octanol–water partition coefficient (Wildman–Crippen LogP) is 4.49. The standard InChI is InChI=1S/C17H28ClNO/c1-4-9-19-12-16(8-10-20-13-14(2)3)15-6-5-7-17(18)11-15/h5-7,11,14,16,19H,4,8-10,12-13H2,1-3H3. The van der Waals surface area contributed by atoms with Gasteiger partial charge in [0.1, 0.15) is 0 Å². The zero-order valence-corrected chi connectivity index (χ0v) is 13.7. The summed E-state index contributed by atoms with van der Waals surface area (Å²) >= 11 is 6.10. The van der Waals surface area contributed by atoms with Crippen LogP contribution in [0, 0.1) is 5.92 Å². The molecule has 0 aliphatic carbocycles. The van der Waals surface area contributed by atoms with Crippen LogP contribution in [0.1, 0.15) is 45.1 Å². The maximum atomic E-state index is 6.10. The lowest BCUT2D eigenvalue weighted by molar-refractivity contribution is 0.103. The Morgan fingerprint density at radius 1 is 1.30 bits per heavy atom. The topological polar surface area (TPSA) is 21.3 Å². The molecular weight excluding hydrogens is 270 g/mol. The van der Waals surface area contributed by atoms with Gasteiger partial charge in [0.05, 0.1) is 0 Å². The molecule has 1 aromatic carbocycles. The Hall–Kier alpha value is -0.570. The minimum absolute atomic E-state index is 0.465. The van der Waals surface area contributed by atoms with Crippen molar-refractivity contribution in [2.45, 2.75) is 39.5 Å². The zero-order chi connectivity index (χ0) is 14.8. The highest BCUT2D eigenvalue weighted by Crippen LogP contribution is 2.22. The van der Waals surface area contributed by atoms with Gasteiger partial charge in [-0.3, -0.25) is 0 Å². The molecule has 3 heteroatoms. The second-order valence-corrected chi connectivity index (χ2v) is 6.15. The molecule has 0 bridgehead atoms. The average Bonchev–Trinajstić information content (AvgIpc) is 2.41. The maximum Gasteiger partial charge on any atom is 0.0488 e. The lowest BCUT2D eigenvalue weighted by Gasteiger charge is -2.19. The minimum Gasteiger partial charge on any atom is -0.381 e. The van der Waals surface area contributed by atoms with E-state index in [1.807, 2.05) is 12.1 Å². The Balaban J connectivity index is 2.51. The number of nitrogens with one attached hydrogen (secondary N) is 1. The summed E-state index contributed by atoms with van der Waals surface area (Å²) < 4.78 is 5.72. The molecule has 1 atom stereocenters. The fourth-order valence-corrected chi connectivity index (χ4v) is 2.34. The van der Waals surface area contributed by atoms with Gasteiger partial charge in [0, 0.05) is 24.8 Å². The molecule has 0 saturated carbocycles. The molecule has 0 aromatic heterocycles. The Kier molecular flexibility index (Phi) is 8.92. The number of halogens is 1. The lowest BCUT2D eigenvalue weighted by Crippen LogP contribution is -2.23. The van der Waals surface area contributed by atoms with Crippen molar-refractivity contribution in [2.24, 2.45) is 5.92 Å². The molecule has 20 heavy (non-hydrogen) atoms. The van der Waals surface area contributed by atoms with Crippen LogP contribution in [0.4, 0.5) is 0 Å². The SMILES string of the molecule is CCCNCC(CCOCC(C)C)c1cccc(Cl)c1. The Labute approximate surface area is 128 Å². The molecule has 1 rings (SSSR count). The molecule has 114 valence electrons. The molecule has 0 spiro atoms. The number of benzene rings is 1. The van der Waals surface area contributed by atoms with Crippen LogP contribution in [-0.2, 0) is 4.74 Å². The molecule has 0 amide bonds. The van der Waals surface area contributed by atoms with E-state index in [0.29, 0.717) is 11.8 Å². The highest BCUT2D eigenvalue weighted by Gasteiger charge is 2.11. The van der Waals surface area contributed by atoms with E-state index in [9.17, 15) is 0 Å². The number of hydrogen-bond acceptors (Lipinski definition) is 2. The van der Waals surface area contributed by atoms with Crippen LogP contribution in [0.2, 0.25) is 5.02 Å². The molecule has 0 aliphatic heterocycles. The summed E-state index contributed by atoms with van der Waals surface area (Å²) in [6.07, 6.45) is 2.19. The molecule has 0 radical (unpaired) electrons. The van der Waals surface area contributed by atoms with Gasteiger partial charge in [0.15, 0.2) is 0 Å². The van der Waals surface area contributed by atoms with E-state index in [1.165, 1.54) is 5.56 Å². The van der Waals surface area contributed by atoms with Gasteiger partial charge in [-0.05, 0) is 48.9 Å².